The molecule has 4 nitrogen and oxygen atoms in total. The number of furan rings is 2. The summed E-state index contributed by atoms with van der Waals surface area (Å²) < 4.78 is 11.2. The lowest BCUT2D eigenvalue weighted by atomic mass is 10.1. The Morgan fingerprint density at radius 3 is 2.69 bits per heavy atom. The van der Waals surface area contributed by atoms with E-state index in [-0.39, 0.29) is 0 Å². The summed E-state index contributed by atoms with van der Waals surface area (Å²) in [7, 11) is 0. The molecule has 0 spiro atoms. The topological polar surface area (TPSA) is 63.0 Å². The average molecular weight is 358 g/mol. The Bertz CT molecular complexity index is 1090. The van der Waals surface area contributed by atoms with Crippen LogP contribution >= 0.6 is 11.3 Å². The Labute approximate surface area is 154 Å². The van der Waals surface area contributed by atoms with Crippen LogP contribution < -0.4 is 0 Å². The van der Waals surface area contributed by atoms with Crippen LogP contribution in [0.1, 0.15) is 16.3 Å². The number of aromatic nitrogens is 1. The van der Waals surface area contributed by atoms with Gasteiger partial charge in [0, 0.05) is 17.0 Å². The lowest BCUT2D eigenvalue weighted by Gasteiger charge is -1.97. The van der Waals surface area contributed by atoms with Gasteiger partial charge in [0.2, 0.25) is 0 Å². The second-order valence-electron chi connectivity index (χ2n) is 5.75. The molecule has 0 aliphatic heterocycles. The van der Waals surface area contributed by atoms with Crippen LogP contribution in [-0.2, 0) is 0 Å². The normalized spacial score (nSPS) is 11.5. The van der Waals surface area contributed by atoms with E-state index in [4.69, 9.17) is 8.83 Å². The van der Waals surface area contributed by atoms with Gasteiger partial charge in [-0.05, 0) is 31.2 Å². The van der Waals surface area contributed by atoms with Crippen molar-refractivity contribution in [3.05, 3.63) is 76.5 Å². The predicted octanol–water partition coefficient (Wildman–Crippen LogP) is 6.04. The first-order chi connectivity index (χ1) is 12.7. The number of aryl methyl sites for hydroxylation is 1. The van der Waals surface area contributed by atoms with Gasteiger partial charge in [-0.3, -0.25) is 0 Å². The third-order valence-corrected chi connectivity index (χ3v) is 4.75. The molecule has 0 amide bonds. The van der Waals surface area contributed by atoms with Crippen LogP contribution in [0.3, 0.4) is 0 Å². The zero-order valence-corrected chi connectivity index (χ0v) is 14.8. The van der Waals surface area contributed by atoms with Gasteiger partial charge in [0.25, 0.3) is 0 Å². The first-order valence-electron chi connectivity index (χ1n) is 8.01. The highest BCUT2D eigenvalue weighted by Gasteiger charge is 2.12. The van der Waals surface area contributed by atoms with Crippen molar-refractivity contribution in [1.29, 1.82) is 5.26 Å². The third kappa shape index (κ3) is 3.23. The quantitative estimate of drug-likeness (QED) is 0.417. The fourth-order valence-corrected chi connectivity index (χ4v) is 3.30. The highest BCUT2D eigenvalue weighted by atomic mass is 32.1. The van der Waals surface area contributed by atoms with Crippen LogP contribution in [0, 0.1) is 18.3 Å². The molecule has 0 N–H and O–H groups in total. The van der Waals surface area contributed by atoms with Crippen molar-refractivity contribution in [2.24, 2.45) is 0 Å². The zero-order chi connectivity index (χ0) is 17.9. The van der Waals surface area contributed by atoms with Crippen molar-refractivity contribution in [2.45, 2.75) is 6.92 Å². The summed E-state index contributed by atoms with van der Waals surface area (Å²) in [6.45, 7) is 2.05. The monoisotopic (exact) mass is 358 g/mol. The van der Waals surface area contributed by atoms with Crippen molar-refractivity contribution in [3.63, 3.8) is 0 Å². The number of nitrogens with zero attached hydrogens (tertiary/aromatic N) is 2. The fourth-order valence-electron chi connectivity index (χ4n) is 2.52. The van der Waals surface area contributed by atoms with Crippen LogP contribution in [0.2, 0.25) is 0 Å². The van der Waals surface area contributed by atoms with E-state index in [0.717, 1.165) is 17.0 Å². The first kappa shape index (κ1) is 16.1. The lowest BCUT2D eigenvalue weighted by molar-refractivity contribution is 0.572. The van der Waals surface area contributed by atoms with Crippen molar-refractivity contribution in [2.75, 3.05) is 0 Å². The molecule has 26 heavy (non-hydrogen) atoms. The van der Waals surface area contributed by atoms with Gasteiger partial charge in [0.15, 0.2) is 5.76 Å². The molecule has 0 saturated carbocycles. The molecule has 126 valence electrons. The number of nitriles is 1. The Balaban J connectivity index is 1.62. The Hall–Kier alpha value is -3.36. The van der Waals surface area contributed by atoms with Crippen LogP contribution in [0.4, 0.5) is 0 Å². The smallest absolute Gasteiger partial charge is 0.153 e. The van der Waals surface area contributed by atoms with E-state index in [2.05, 4.69) is 11.1 Å². The molecule has 0 unspecified atom stereocenters. The van der Waals surface area contributed by atoms with Gasteiger partial charge < -0.3 is 8.83 Å². The third-order valence-electron chi connectivity index (χ3n) is 3.88. The van der Waals surface area contributed by atoms with E-state index >= 15 is 0 Å². The lowest BCUT2D eigenvalue weighted by Crippen LogP contribution is -1.81. The Morgan fingerprint density at radius 2 is 1.96 bits per heavy atom. The van der Waals surface area contributed by atoms with Crippen LogP contribution in [-0.4, -0.2) is 4.98 Å². The molecule has 4 aromatic rings. The molecule has 5 heteroatoms. The molecule has 0 radical (unpaired) electrons. The molecule has 3 heterocycles. The zero-order valence-electron chi connectivity index (χ0n) is 14.0. The second-order valence-corrected chi connectivity index (χ2v) is 6.61. The van der Waals surface area contributed by atoms with Crippen molar-refractivity contribution in [3.8, 4) is 28.8 Å². The van der Waals surface area contributed by atoms with Crippen molar-refractivity contribution >= 4 is 23.0 Å². The maximum Gasteiger partial charge on any atom is 0.153 e. The van der Waals surface area contributed by atoms with Crippen LogP contribution in [0.15, 0.2) is 69.0 Å². The molecular weight excluding hydrogens is 344 g/mol. The maximum atomic E-state index is 9.52. The highest BCUT2D eigenvalue weighted by Crippen LogP contribution is 2.29. The molecular formula is C21H14N2O2S. The predicted molar refractivity (Wildman–Crippen MR) is 102 cm³/mol. The van der Waals surface area contributed by atoms with Gasteiger partial charge in [-0.1, -0.05) is 29.8 Å². The minimum absolute atomic E-state index is 0.456. The summed E-state index contributed by atoms with van der Waals surface area (Å²) in [6, 6.07) is 17.7. The van der Waals surface area contributed by atoms with E-state index in [0.29, 0.717) is 22.1 Å². The maximum absolute atomic E-state index is 9.52. The number of hydrogen-bond acceptors (Lipinski definition) is 5. The minimum Gasteiger partial charge on any atom is -0.463 e. The van der Waals surface area contributed by atoms with Gasteiger partial charge in [-0.15, -0.1) is 11.3 Å². The molecule has 4 rings (SSSR count). The number of thiazole rings is 1. The summed E-state index contributed by atoms with van der Waals surface area (Å²) >= 11 is 1.40. The van der Waals surface area contributed by atoms with E-state index in [9.17, 15) is 5.26 Å². The molecule has 3 aromatic heterocycles. The molecule has 0 aliphatic rings. The largest absolute Gasteiger partial charge is 0.463 e. The standard InChI is InChI=1S/C21H14N2O2S/c1-14-4-6-15(7-5-14)19-9-8-17(25-19)11-16(12-22)21-23-18(13-26-21)20-3-2-10-24-20/h2-11,13H,1H3. The van der Waals surface area contributed by atoms with Crippen molar-refractivity contribution in [1.82, 2.24) is 4.98 Å². The SMILES string of the molecule is Cc1ccc(-c2ccc(C=C(C#N)c3nc(-c4ccco4)cs3)o2)cc1. The summed E-state index contributed by atoms with van der Waals surface area (Å²) in [5.41, 5.74) is 3.37. The fraction of sp³-hybridized carbons (Fsp3) is 0.0476. The minimum atomic E-state index is 0.456. The number of hydrogen-bond donors (Lipinski definition) is 0. The van der Waals surface area contributed by atoms with Gasteiger partial charge in [-0.25, -0.2) is 4.98 Å². The number of rotatable bonds is 4. The van der Waals surface area contributed by atoms with E-state index in [1.807, 2.05) is 60.8 Å². The van der Waals surface area contributed by atoms with Crippen molar-refractivity contribution < 1.29 is 8.83 Å². The number of benzene rings is 1. The summed E-state index contributed by atoms with van der Waals surface area (Å²) in [5.74, 6) is 2.07. The summed E-state index contributed by atoms with van der Waals surface area (Å²) in [4.78, 5) is 4.49. The van der Waals surface area contributed by atoms with Gasteiger partial charge in [0.1, 0.15) is 28.3 Å². The van der Waals surface area contributed by atoms with Gasteiger partial charge in [0.05, 0.1) is 11.8 Å². The van der Waals surface area contributed by atoms with Crippen LogP contribution in [0.25, 0.3) is 34.4 Å². The Kier molecular flexibility index (Phi) is 4.26. The molecule has 0 saturated heterocycles. The Morgan fingerprint density at radius 1 is 1.12 bits per heavy atom. The highest BCUT2D eigenvalue weighted by molar-refractivity contribution is 7.11. The van der Waals surface area contributed by atoms with Gasteiger partial charge >= 0.3 is 0 Å². The molecule has 0 atom stereocenters. The number of allylic oxidation sites excluding steroid dienone is 1. The van der Waals surface area contributed by atoms with E-state index in [1.165, 1.54) is 16.9 Å². The molecule has 0 fully saturated rings. The second kappa shape index (κ2) is 6.87. The molecule has 0 aliphatic carbocycles. The van der Waals surface area contributed by atoms with Crippen LogP contribution in [0.5, 0.6) is 0 Å². The van der Waals surface area contributed by atoms with E-state index in [1.54, 1.807) is 12.3 Å². The molecule has 1 aromatic carbocycles. The summed E-state index contributed by atoms with van der Waals surface area (Å²) in [5, 5.41) is 12.0. The van der Waals surface area contributed by atoms with E-state index < -0.39 is 0 Å². The first-order valence-corrected chi connectivity index (χ1v) is 8.89. The average Bonchev–Trinajstić information content (AvgIpc) is 3.40. The molecule has 0 bridgehead atoms. The summed E-state index contributed by atoms with van der Waals surface area (Å²) in [6.07, 6.45) is 3.31. The van der Waals surface area contributed by atoms with Gasteiger partial charge in [-0.2, -0.15) is 5.26 Å².